The van der Waals surface area contributed by atoms with Gasteiger partial charge >= 0.3 is 0 Å². The third-order valence-corrected chi connectivity index (χ3v) is 4.56. The number of aliphatic hydroxyl groups is 1. The van der Waals surface area contributed by atoms with Gasteiger partial charge in [-0.3, -0.25) is 0 Å². The fourth-order valence-corrected chi connectivity index (χ4v) is 3.37. The van der Waals surface area contributed by atoms with Crippen LogP contribution < -0.4 is 5.32 Å². The number of aromatic hydroxyl groups is 1. The Balaban J connectivity index is 1.93. The number of rotatable bonds is 6. The second kappa shape index (κ2) is 6.70. The van der Waals surface area contributed by atoms with Crippen molar-refractivity contribution >= 4 is 21.6 Å². The molecule has 2 heterocycles. The third-order valence-electron chi connectivity index (χ3n) is 3.66. The van der Waals surface area contributed by atoms with Crippen molar-refractivity contribution in [3.63, 3.8) is 0 Å². The van der Waals surface area contributed by atoms with Crippen molar-refractivity contribution in [2.24, 2.45) is 0 Å². The highest BCUT2D eigenvalue weighted by atomic mass is 32.1. The summed E-state index contributed by atoms with van der Waals surface area (Å²) in [5.74, 6) is 0.148. The summed E-state index contributed by atoms with van der Waals surface area (Å²) >= 11 is 1.52. The molecule has 0 aliphatic heterocycles. The molecule has 0 fully saturated rings. The second-order valence-electron chi connectivity index (χ2n) is 5.88. The van der Waals surface area contributed by atoms with Gasteiger partial charge in [-0.15, -0.1) is 11.3 Å². The Morgan fingerprint density at radius 3 is 2.91 bits per heavy atom. The fraction of sp³-hybridized carbons (Fsp3) is 0.353. The van der Waals surface area contributed by atoms with Gasteiger partial charge < -0.3 is 20.1 Å². The first kappa shape index (κ1) is 16.0. The molecule has 122 valence electrons. The first-order valence-corrected chi connectivity index (χ1v) is 8.49. The van der Waals surface area contributed by atoms with E-state index in [1.165, 1.54) is 11.3 Å². The van der Waals surface area contributed by atoms with E-state index in [0.29, 0.717) is 35.8 Å². The largest absolute Gasteiger partial charge is 0.507 e. The van der Waals surface area contributed by atoms with Crippen molar-refractivity contribution in [2.75, 3.05) is 6.54 Å². The van der Waals surface area contributed by atoms with E-state index in [1.807, 2.05) is 31.4 Å². The minimum atomic E-state index is -0.538. The number of thiophene rings is 1. The van der Waals surface area contributed by atoms with Crippen LogP contribution >= 0.6 is 11.3 Å². The van der Waals surface area contributed by atoms with Gasteiger partial charge in [-0.25, -0.2) is 0 Å². The highest BCUT2D eigenvalue weighted by molar-refractivity contribution is 7.17. The summed E-state index contributed by atoms with van der Waals surface area (Å²) in [7, 11) is 0. The van der Waals surface area contributed by atoms with Gasteiger partial charge in [0.25, 0.3) is 0 Å². The van der Waals surface area contributed by atoms with Crippen molar-refractivity contribution in [3.8, 4) is 17.0 Å². The van der Waals surface area contributed by atoms with Crippen LogP contribution in [0.3, 0.4) is 0 Å². The first-order chi connectivity index (χ1) is 11.1. The molecule has 3 N–H and O–H groups in total. The average Bonchev–Trinajstić information content (AvgIpc) is 3.09. The smallest absolute Gasteiger partial charge is 0.178 e. The maximum Gasteiger partial charge on any atom is 0.178 e. The van der Waals surface area contributed by atoms with Crippen LogP contribution in [0.1, 0.15) is 19.4 Å². The zero-order valence-electron chi connectivity index (χ0n) is 13.1. The highest BCUT2D eigenvalue weighted by Crippen LogP contribution is 2.39. The molecule has 3 aromatic rings. The van der Waals surface area contributed by atoms with E-state index < -0.39 is 6.10 Å². The van der Waals surface area contributed by atoms with Crippen LogP contribution in [0.2, 0.25) is 0 Å². The van der Waals surface area contributed by atoms with Crippen LogP contribution in [0.15, 0.2) is 34.2 Å². The number of nitrogens with zero attached hydrogens (tertiary/aromatic N) is 1. The zero-order valence-corrected chi connectivity index (χ0v) is 13.9. The number of aliphatic hydroxyl groups excluding tert-OH is 1. The van der Waals surface area contributed by atoms with Crippen molar-refractivity contribution < 1.29 is 14.7 Å². The number of benzene rings is 1. The summed E-state index contributed by atoms with van der Waals surface area (Å²) in [6.45, 7) is 4.57. The number of nitrogens with one attached hydrogen (secondary N) is 1. The molecule has 6 heteroatoms. The lowest BCUT2D eigenvalue weighted by molar-refractivity contribution is 0.169. The van der Waals surface area contributed by atoms with E-state index in [9.17, 15) is 10.2 Å². The minimum Gasteiger partial charge on any atom is -0.507 e. The van der Waals surface area contributed by atoms with Gasteiger partial charge in [0.2, 0.25) is 0 Å². The predicted molar refractivity (Wildman–Crippen MR) is 91.8 cm³/mol. The summed E-state index contributed by atoms with van der Waals surface area (Å²) in [5.41, 5.74) is 2.83. The molecule has 0 bridgehead atoms. The van der Waals surface area contributed by atoms with Crippen LogP contribution in [0, 0.1) is 0 Å². The molecular formula is C17H20N2O3S. The van der Waals surface area contributed by atoms with E-state index in [1.54, 1.807) is 12.1 Å². The van der Waals surface area contributed by atoms with E-state index >= 15 is 0 Å². The van der Waals surface area contributed by atoms with Crippen molar-refractivity contribution in [1.82, 2.24) is 10.5 Å². The van der Waals surface area contributed by atoms with E-state index in [0.717, 1.165) is 10.3 Å². The number of phenols is 1. The predicted octanol–water partition coefficient (Wildman–Crippen LogP) is 3.16. The van der Waals surface area contributed by atoms with Crippen molar-refractivity contribution in [2.45, 2.75) is 32.4 Å². The molecular weight excluding hydrogens is 312 g/mol. The molecule has 3 rings (SSSR count). The Labute approximate surface area is 138 Å². The lowest BCUT2D eigenvalue weighted by Crippen LogP contribution is -2.33. The summed E-state index contributed by atoms with van der Waals surface area (Å²) in [6.07, 6.45) is -0.105. The van der Waals surface area contributed by atoms with Crippen LogP contribution in [0.4, 0.5) is 0 Å². The molecule has 0 spiro atoms. The Morgan fingerprint density at radius 1 is 1.30 bits per heavy atom. The Hall–Kier alpha value is -1.89. The molecule has 0 amide bonds. The van der Waals surface area contributed by atoms with Gasteiger partial charge in [0, 0.05) is 19.0 Å². The molecule has 2 aromatic heterocycles. The maximum absolute atomic E-state index is 10.3. The summed E-state index contributed by atoms with van der Waals surface area (Å²) in [5, 5.41) is 29.8. The lowest BCUT2D eigenvalue weighted by atomic mass is 9.98. The monoisotopic (exact) mass is 332 g/mol. The Kier molecular flexibility index (Phi) is 4.66. The van der Waals surface area contributed by atoms with Crippen LogP contribution in [-0.2, 0) is 6.42 Å². The Bertz CT molecular complexity index is 794. The maximum atomic E-state index is 10.3. The quantitative estimate of drug-likeness (QED) is 0.646. The minimum absolute atomic E-state index is 0.148. The van der Waals surface area contributed by atoms with Crippen molar-refractivity contribution in [1.29, 1.82) is 0 Å². The van der Waals surface area contributed by atoms with Gasteiger partial charge in [-0.2, -0.15) is 0 Å². The standard InChI is InChI=1S/C17H20N2O3S/c1-10(2)18-9-12(20)8-11-4-3-5-13(21)15(11)16-17-14(22-19-16)6-7-23-17/h3-7,10,12,18,20-21H,8-9H2,1-2H3. The van der Waals surface area contributed by atoms with Gasteiger partial charge in [0.05, 0.1) is 11.7 Å². The number of hydrogen-bond donors (Lipinski definition) is 3. The molecule has 1 aromatic carbocycles. The normalized spacial score (nSPS) is 13.0. The fourth-order valence-electron chi connectivity index (χ4n) is 2.57. The molecule has 23 heavy (non-hydrogen) atoms. The molecule has 1 atom stereocenters. The van der Waals surface area contributed by atoms with E-state index in [4.69, 9.17) is 4.52 Å². The number of hydrogen-bond acceptors (Lipinski definition) is 6. The van der Waals surface area contributed by atoms with Crippen LogP contribution in [0.5, 0.6) is 5.75 Å². The number of phenolic OH excluding ortho intramolecular Hbond substituents is 1. The first-order valence-electron chi connectivity index (χ1n) is 7.61. The number of aromatic nitrogens is 1. The summed E-state index contributed by atoms with van der Waals surface area (Å²) < 4.78 is 6.22. The van der Waals surface area contributed by atoms with Crippen molar-refractivity contribution in [3.05, 3.63) is 35.2 Å². The second-order valence-corrected chi connectivity index (χ2v) is 6.79. The summed E-state index contributed by atoms with van der Waals surface area (Å²) in [6, 6.07) is 7.49. The van der Waals surface area contributed by atoms with Crippen LogP contribution in [0.25, 0.3) is 21.5 Å². The van der Waals surface area contributed by atoms with E-state index in [-0.39, 0.29) is 5.75 Å². The SMILES string of the molecule is CC(C)NCC(O)Cc1cccc(O)c1-c1noc2ccsc12. The van der Waals surface area contributed by atoms with E-state index in [2.05, 4.69) is 10.5 Å². The number of fused-ring (bicyclic) bond motifs is 1. The molecule has 0 aliphatic rings. The molecule has 0 aliphatic carbocycles. The zero-order chi connectivity index (χ0) is 16.4. The molecule has 0 saturated carbocycles. The molecule has 0 saturated heterocycles. The van der Waals surface area contributed by atoms with Gasteiger partial charge in [0.15, 0.2) is 5.58 Å². The lowest BCUT2D eigenvalue weighted by Gasteiger charge is -2.16. The van der Waals surface area contributed by atoms with Crippen LogP contribution in [-0.4, -0.2) is 34.1 Å². The molecule has 1 unspecified atom stereocenters. The molecule has 5 nitrogen and oxygen atoms in total. The topological polar surface area (TPSA) is 78.5 Å². The van der Waals surface area contributed by atoms with Gasteiger partial charge in [-0.1, -0.05) is 31.1 Å². The van der Waals surface area contributed by atoms with Gasteiger partial charge in [0.1, 0.15) is 16.1 Å². The Morgan fingerprint density at radius 2 is 2.13 bits per heavy atom. The molecule has 0 radical (unpaired) electrons. The highest BCUT2D eigenvalue weighted by Gasteiger charge is 2.20. The van der Waals surface area contributed by atoms with Gasteiger partial charge in [-0.05, 0) is 23.1 Å². The average molecular weight is 332 g/mol. The third kappa shape index (κ3) is 3.39. The summed E-state index contributed by atoms with van der Waals surface area (Å²) in [4.78, 5) is 0.